The monoisotopic (exact) mass is 691 g/mol. The second-order valence-electron chi connectivity index (χ2n) is 8.22. The summed E-state index contributed by atoms with van der Waals surface area (Å²) in [5, 5.41) is 3.15. The van der Waals surface area contributed by atoms with Crippen LogP contribution in [0.3, 0.4) is 0 Å². The molecule has 0 aliphatic carbocycles. The molecule has 0 unspecified atom stereocenters. The van der Waals surface area contributed by atoms with Gasteiger partial charge >= 0.3 is 0 Å². The molecule has 3 rings (SSSR count). The van der Waals surface area contributed by atoms with E-state index in [1.165, 1.54) is 33.6 Å². The molecule has 0 atom stereocenters. The first-order valence-electron chi connectivity index (χ1n) is 12.1. The third kappa shape index (κ3) is 7.09. The van der Waals surface area contributed by atoms with Crippen molar-refractivity contribution in [1.29, 1.82) is 0 Å². The summed E-state index contributed by atoms with van der Waals surface area (Å²) in [7, 11) is 10.7. The van der Waals surface area contributed by atoms with Crippen LogP contribution in [0.1, 0.15) is 21.5 Å². The van der Waals surface area contributed by atoms with E-state index in [2.05, 4.69) is 37.2 Å². The fourth-order valence-electron chi connectivity index (χ4n) is 4.01. The highest BCUT2D eigenvalue weighted by atomic mass is 79.9. The Kier molecular flexibility index (Phi) is 11.4. The van der Waals surface area contributed by atoms with Gasteiger partial charge < -0.3 is 38.5 Å². The molecule has 218 valence electrons. The molecule has 3 aromatic carbocycles. The van der Waals surface area contributed by atoms with E-state index in [9.17, 15) is 4.79 Å². The van der Waals surface area contributed by atoms with Crippen LogP contribution in [0, 0.1) is 0 Å². The first-order valence-corrected chi connectivity index (χ1v) is 13.7. The lowest BCUT2D eigenvalue weighted by molar-refractivity contribution is 0.104. The molecule has 0 saturated carbocycles. The van der Waals surface area contributed by atoms with Crippen molar-refractivity contribution < 1.29 is 38.0 Å². The fourth-order valence-corrected chi connectivity index (χ4v) is 5.30. The molecule has 9 nitrogen and oxygen atoms in total. The number of hydrogen-bond donors (Lipinski definition) is 1. The third-order valence-electron chi connectivity index (χ3n) is 5.93. The van der Waals surface area contributed by atoms with Gasteiger partial charge in [0.2, 0.25) is 11.5 Å². The van der Waals surface area contributed by atoms with Crippen molar-refractivity contribution in [1.82, 2.24) is 0 Å². The first kappa shape index (κ1) is 31.7. The van der Waals surface area contributed by atoms with E-state index in [1.807, 2.05) is 36.4 Å². The number of allylic oxidation sites excluding steroid dienone is 1. The molecule has 41 heavy (non-hydrogen) atoms. The van der Waals surface area contributed by atoms with Crippen LogP contribution >= 0.6 is 31.9 Å². The van der Waals surface area contributed by atoms with Crippen molar-refractivity contribution in [2.24, 2.45) is 0 Å². The van der Waals surface area contributed by atoms with E-state index in [0.717, 1.165) is 15.6 Å². The van der Waals surface area contributed by atoms with E-state index in [-0.39, 0.29) is 5.78 Å². The van der Waals surface area contributed by atoms with Crippen LogP contribution in [0.15, 0.2) is 51.6 Å². The van der Waals surface area contributed by atoms with Crippen molar-refractivity contribution in [3.63, 3.8) is 0 Å². The van der Waals surface area contributed by atoms with E-state index in [4.69, 9.17) is 33.2 Å². The molecule has 3 aromatic rings. The zero-order chi connectivity index (χ0) is 30.1. The Morgan fingerprint density at radius 2 is 1.15 bits per heavy atom. The number of anilines is 1. The van der Waals surface area contributed by atoms with Gasteiger partial charge in [-0.15, -0.1) is 0 Å². The van der Waals surface area contributed by atoms with E-state index in [1.54, 1.807) is 34.5 Å². The van der Waals surface area contributed by atoms with Gasteiger partial charge in [0.25, 0.3) is 0 Å². The summed E-state index contributed by atoms with van der Waals surface area (Å²) in [4.78, 5) is 13.1. The Hall–Kier alpha value is -3.83. The number of rotatable bonds is 13. The lowest BCUT2D eigenvalue weighted by atomic mass is 10.1. The molecular weight excluding hydrogens is 662 g/mol. The van der Waals surface area contributed by atoms with Crippen LogP contribution < -0.4 is 38.5 Å². The number of ether oxygens (including phenoxy) is 7. The average Bonchev–Trinajstić information content (AvgIpc) is 2.98. The number of halogens is 2. The minimum absolute atomic E-state index is 0.292. The summed E-state index contributed by atoms with van der Waals surface area (Å²) < 4.78 is 39.2. The minimum atomic E-state index is -0.292. The smallest absolute Gasteiger partial charge is 0.204 e. The maximum absolute atomic E-state index is 13.1. The number of nitrogens with one attached hydrogen (secondary N) is 1. The molecule has 0 aliphatic heterocycles. The van der Waals surface area contributed by atoms with Gasteiger partial charge in [-0.1, -0.05) is 12.2 Å². The van der Waals surface area contributed by atoms with Crippen LogP contribution in [-0.4, -0.2) is 55.6 Å². The van der Waals surface area contributed by atoms with Gasteiger partial charge in [0.1, 0.15) is 0 Å². The SMILES string of the molecule is COc1cc(/C=C\c2cc(Br)c(OC)c(N/C=C\C(=O)c3cc(OC)c(OC)c(OC)c3Br)c2)cc(OC)c1OC. The number of methoxy groups -OCH3 is 7. The van der Waals surface area contributed by atoms with Gasteiger partial charge in [-0.2, -0.15) is 0 Å². The first-order chi connectivity index (χ1) is 19.8. The lowest BCUT2D eigenvalue weighted by Gasteiger charge is -2.15. The Balaban J connectivity index is 1.90. The molecule has 11 heteroatoms. The molecule has 0 aromatic heterocycles. The van der Waals surface area contributed by atoms with Crippen molar-refractivity contribution in [3.8, 4) is 40.2 Å². The van der Waals surface area contributed by atoms with Crippen LogP contribution in [0.5, 0.6) is 40.2 Å². The highest BCUT2D eigenvalue weighted by Gasteiger charge is 2.22. The van der Waals surface area contributed by atoms with Crippen molar-refractivity contribution in [3.05, 3.63) is 68.2 Å². The van der Waals surface area contributed by atoms with Crippen molar-refractivity contribution in [2.75, 3.05) is 55.1 Å². The number of carbonyl (C=O) groups excluding carboxylic acids is 1. The Morgan fingerprint density at radius 3 is 1.66 bits per heavy atom. The summed E-state index contributed by atoms with van der Waals surface area (Å²) in [5.74, 6) is 3.01. The molecule has 0 aliphatic rings. The summed E-state index contributed by atoms with van der Waals surface area (Å²) in [6.45, 7) is 0. The molecule has 0 spiro atoms. The van der Waals surface area contributed by atoms with Crippen molar-refractivity contribution in [2.45, 2.75) is 0 Å². The number of hydrogen-bond acceptors (Lipinski definition) is 9. The summed E-state index contributed by atoms with van der Waals surface area (Å²) in [6.07, 6.45) is 6.79. The minimum Gasteiger partial charge on any atom is -0.493 e. The Labute approximate surface area is 256 Å². The normalized spacial score (nSPS) is 11.0. The van der Waals surface area contributed by atoms with Gasteiger partial charge in [0.15, 0.2) is 34.5 Å². The van der Waals surface area contributed by atoms with Crippen LogP contribution in [0.4, 0.5) is 5.69 Å². The van der Waals surface area contributed by atoms with Gasteiger partial charge in [-0.05, 0) is 73.3 Å². The zero-order valence-corrected chi connectivity index (χ0v) is 26.9. The van der Waals surface area contributed by atoms with E-state index >= 15 is 0 Å². The quantitative estimate of drug-likeness (QED) is 0.113. The number of carbonyl (C=O) groups is 1. The highest BCUT2D eigenvalue weighted by molar-refractivity contribution is 9.11. The largest absolute Gasteiger partial charge is 0.493 e. The molecule has 0 amide bonds. The second-order valence-corrected chi connectivity index (χ2v) is 9.87. The lowest BCUT2D eigenvalue weighted by Crippen LogP contribution is -2.03. The van der Waals surface area contributed by atoms with Crippen LogP contribution in [-0.2, 0) is 0 Å². The molecule has 0 fully saturated rings. The predicted molar refractivity (Wildman–Crippen MR) is 167 cm³/mol. The average molecular weight is 693 g/mol. The fraction of sp³-hybridized carbons (Fsp3) is 0.233. The van der Waals surface area contributed by atoms with Gasteiger partial charge in [0.05, 0.1) is 64.4 Å². The maximum Gasteiger partial charge on any atom is 0.204 e. The zero-order valence-electron chi connectivity index (χ0n) is 23.7. The highest BCUT2D eigenvalue weighted by Crippen LogP contribution is 2.45. The Bertz CT molecular complexity index is 1440. The Morgan fingerprint density at radius 1 is 0.634 bits per heavy atom. The maximum atomic E-state index is 13.1. The standard InChI is InChI=1S/C30H31Br2NO8/c1-35-23-14-18(15-24(36-2)28(23)39-5)9-8-17-12-20(31)27(38-4)21(13-17)33-11-10-22(34)19-16-25(37-3)29(40-6)30(41-7)26(19)32/h8-16,33H,1-7H3/b9-8-,11-10-. The van der Waals surface area contributed by atoms with Gasteiger partial charge in [-0.3, -0.25) is 4.79 Å². The summed E-state index contributed by atoms with van der Waals surface area (Å²) >= 11 is 7.02. The topological polar surface area (TPSA) is 93.7 Å². The molecule has 0 radical (unpaired) electrons. The van der Waals surface area contributed by atoms with Crippen LogP contribution in [0.2, 0.25) is 0 Å². The van der Waals surface area contributed by atoms with Gasteiger partial charge in [0, 0.05) is 17.8 Å². The molecular formula is C30H31Br2NO8. The number of benzene rings is 3. The molecule has 0 saturated heterocycles. The summed E-state index contributed by atoms with van der Waals surface area (Å²) in [6, 6.07) is 9.10. The molecule has 0 heterocycles. The molecule has 1 N–H and O–H groups in total. The number of ketones is 1. The van der Waals surface area contributed by atoms with Crippen LogP contribution in [0.25, 0.3) is 12.2 Å². The second kappa shape index (κ2) is 14.7. The van der Waals surface area contributed by atoms with E-state index in [0.29, 0.717) is 56.0 Å². The predicted octanol–water partition coefficient (Wildman–Crippen LogP) is 7.25. The van der Waals surface area contributed by atoms with Crippen molar-refractivity contribution >= 4 is 55.5 Å². The summed E-state index contributed by atoms with van der Waals surface area (Å²) in [5.41, 5.74) is 2.69. The molecule has 0 bridgehead atoms. The van der Waals surface area contributed by atoms with E-state index < -0.39 is 0 Å². The third-order valence-corrected chi connectivity index (χ3v) is 7.31. The van der Waals surface area contributed by atoms with Gasteiger partial charge in [-0.25, -0.2) is 0 Å².